The van der Waals surface area contributed by atoms with Crippen molar-refractivity contribution in [2.45, 2.75) is 25.9 Å². The minimum atomic E-state index is -4.32. The van der Waals surface area contributed by atoms with Crippen molar-refractivity contribution < 1.29 is 22.7 Å². The molecule has 1 fully saturated rings. The fraction of sp³-hybridized carbons (Fsp3) is 0.379. The van der Waals surface area contributed by atoms with Gasteiger partial charge in [-0.1, -0.05) is 18.2 Å². The van der Waals surface area contributed by atoms with Gasteiger partial charge in [-0.2, -0.15) is 13.2 Å². The number of unbranched alkanes of at least 4 members (excludes halogenated alkanes) is 1. The molecule has 9 heteroatoms. The normalized spacial score (nSPS) is 14.4. The number of hydrogen-bond acceptors (Lipinski definition) is 6. The third kappa shape index (κ3) is 7.47. The van der Waals surface area contributed by atoms with E-state index in [1.54, 1.807) is 31.3 Å². The van der Waals surface area contributed by atoms with E-state index in [1.807, 2.05) is 29.2 Å². The number of benzene rings is 2. The first-order valence-corrected chi connectivity index (χ1v) is 13.0. The maximum absolute atomic E-state index is 13.0. The van der Waals surface area contributed by atoms with E-state index in [0.717, 1.165) is 75.1 Å². The van der Waals surface area contributed by atoms with E-state index in [2.05, 4.69) is 15.2 Å². The summed E-state index contributed by atoms with van der Waals surface area (Å²) >= 11 is 0. The van der Waals surface area contributed by atoms with Crippen LogP contribution in [0.1, 0.15) is 35.7 Å². The molecule has 0 saturated carbocycles. The minimum absolute atomic E-state index is 0.325. The van der Waals surface area contributed by atoms with Crippen LogP contribution in [-0.2, 0) is 10.9 Å². The number of halogens is 3. The van der Waals surface area contributed by atoms with Gasteiger partial charge in [0.15, 0.2) is 0 Å². The van der Waals surface area contributed by atoms with Crippen molar-refractivity contribution in [2.24, 2.45) is 0 Å². The summed E-state index contributed by atoms with van der Waals surface area (Å²) < 4.78 is 44.1. The Morgan fingerprint density at radius 2 is 1.74 bits per heavy atom. The van der Waals surface area contributed by atoms with Crippen molar-refractivity contribution in [3.63, 3.8) is 0 Å². The van der Waals surface area contributed by atoms with Gasteiger partial charge in [0.2, 0.25) is 0 Å². The van der Waals surface area contributed by atoms with Crippen LogP contribution in [0.15, 0.2) is 66.9 Å². The second-order valence-electron chi connectivity index (χ2n) is 9.24. The van der Waals surface area contributed by atoms with Crippen LogP contribution in [-0.4, -0.2) is 61.7 Å². The predicted octanol–water partition coefficient (Wildman–Crippen LogP) is 5.96. The molecule has 2 aromatic carbocycles. The zero-order chi connectivity index (χ0) is 27.0. The lowest BCUT2D eigenvalue weighted by atomic mass is 10.0. The van der Waals surface area contributed by atoms with Crippen LogP contribution in [0, 0.1) is 0 Å². The fourth-order valence-corrected chi connectivity index (χ4v) is 4.51. The molecule has 3 aromatic rings. The maximum atomic E-state index is 13.0. The monoisotopic (exact) mass is 526 g/mol. The summed E-state index contributed by atoms with van der Waals surface area (Å²) in [6.45, 7) is 6.99. The Kier molecular flexibility index (Phi) is 9.23. The van der Waals surface area contributed by atoms with Crippen molar-refractivity contribution in [3.05, 3.63) is 78.0 Å². The van der Waals surface area contributed by atoms with E-state index in [4.69, 9.17) is 4.74 Å². The van der Waals surface area contributed by atoms with Gasteiger partial charge in [-0.25, -0.2) is 9.78 Å². The first-order valence-electron chi connectivity index (χ1n) is 13.0. The van der Waals surface area contributed by atoms with Crippen molar-refractivity contribution in [1.82, 2.24) is 9.88 Å². The van der Waals surface area contributed by atoms with Crippen LogP contribution < -0.4 is 10.2 Å². The SMILES string of the molecule is CCOC(=O)c1ccc(-c2ccnc(NCCCCN3CCN(c4cccc(C(F)(F)F)c4)CC3)c2)cc1. The largest absolute Gasteiger partial charge is 0.462 e. The lowest BCUT2D eigenvalue weighted by Crippen LogP contribution is -2.46. The zero-order valence-electron chi connectivity index (χ0n) is 21.5. The van der Waals surface area contributed by atoms with Crippen molar-refractivity contribution in [2.75, 3.05) is 56.1 Å². The molecule has 2 heterocycles. The first-order chi connectivity index (χ1) is 18.3. The summed E-state index contributed by atoms with van der Waals surface area (Å²) in [7, 11) is 0. The Labute approximate surface area is 221 Å². The standard InChI is InChI=1S/C29H33F3N4O2/c1-2-38-28(37)23-10-8-22(9-11-23)24-12-14-34-27(20-24)33-13-3-4-15-35-16-18-36(19-17-35)26-7-5-6-25(21-26)29(30,31)32/h5-12,14,20-21H,2-4,13,15-19H2,1H3,(H,33,34). The van der Waals surface area contributed by atoms with Gasteiger partial charge in [0.25, 0.3) is 0 Å². The lowest BCUT2D eigenvalue weighted by molar-refractivity contribution is -0.137. The highest BCUT2D eigenvalue weighted by Crippen LogP contribution is 2.32. The number of piperazine rings is 1. The van der Waals surface area contributed by atoms with Crippen LogP contribution in [0.5, 0.6) is 0 Å². The molecule has 1 aliphatic heterocycles. The van der Waals surface area contributed by atoms with E-state index < -0.39 is 11.7 Å². The molecule has 1 saturated heterocycles. The van der Waals surface area contributed by atoms with Crippen LogP contribution in [0.2, 0.25) is 0 Å². The molecular weight excluding hydrogens is 493 g/mol. The van der Waals surface area contributed by atoms with Crippen LogP contribution >= 0.6 is 0 Å². The number of nitrogens with zero attached hydrogens (tertiary/aromatic N) is 3. The van der Waals surface area contributed by atoms with Crippen molar-refractivity contribution in [3.8, 4) is 11.1 Å². The number of pyridine rings is 1. The Balaban J connectivity index is 1.18. The number of alkyl halides is 3. The lowest BCUT2D eigenvalue weighted by Gasteiger charge is -2.36. The van der Waals surface area contributed by atoms with Gasteiger partial charge in [0.05, 0.1) is 17.7 Å². The van der Waals surface area contributed by atoms with E-state index in [9.17, 15) is 18.0 Å². The number of carbonyl (C=O) groups is 1. The Bertz CT molecular complexity index is 1190. The number of anilines is 2. The molecule has 4 rings (SSSR count). The summed E-state index contributed by atoms with van der Waals surface area (Å²) in [4.78, 5) is 20.6. The quantitative estimate of drug-likeness (QED) is 0.260. The Hall–Kier alpha value is -3.59. The number of aromatic nitrogens is 1. The number of esters is 1. The topological polar surface area (TPSA) is 57.7 Å². The maximum Gasteiger partial charge on any atom is 0.416 e. The summed E-state index contributed by atoms with van der Waals surface area (Å²) in [5, 5.41) is 3.38. The predicted molar refractivity (Wildman–Crippen MR) is 143 cm³/mol. The highest BCUT2D eigenvalue weighted by Gasteiger charge is 2.31. The van der Waals surface area contributed by atoms with Crippen LogP contribution in [0.3, 0.4) is 0 Å². The molecule has 0 spiro atoms. The molecule has 0 bridgehead atoms. The van der Waals surface area contributed by atoms with Crippen molar-refractivity contribution >= 4 is 17.5 Å². The molecular formula is C29H33F3N4O2. The molecule has 1 N–H and O–H groups in total. The van der Waals surface area contributed by atoms with E-state index in [-0.39, 0.29) is 5.97 Å². The number of rotatable bonds is 10. The molecule has 38 heavy (non-hydrogen) atoms. The molecule has 0 atom stereocenters. The molecule has 1 aromatic heterocycles. The van der Waals surface area contributed by atoms with Crippen molar-refractivity contribution in [1.29, 1.82) is 0 Å². The summed E-state index contributed by atoms with van der Waals surface area (Å²) in [6, 6.07) is 16.8. The van der Waals surface area contributed by atoms with Gasteiger partial charge in [0.1, 0.15) is 5.82 Å². The van der Waals surface area contributed by atoms with Gasteiger partial charge in [-0.3, -0.25) is 4.90 Å². The highest BCUT2D eigenvalue weighted by molar-refractivity contribution is 5.90. The number of nitrogens with one attached hydrogen (secondary N) is 1. The molecule has 0 radical (unpaired) electrons. The number of ether oxygens (including phenoxy) is 1. The minimum Gasteiger partial charge on any atom is -0.462 e. The van der Waals surface area contributed by atoms with E-state index in [1.165, 1.54) is 12.1 Å². The smallest absolute Gasteiger partial charge is 0.416 e. The highest BCUT2D eigenvalue weighted by atomic mass is 19.4. The molecule has 0 aliphatic carbocycles. The average molecular weight is 527 g/mol. The summed E-state index contributed by atoms with van der Waals surface area (Å²) in [5.74, 6) is 0.473. The molecule has 202 valence electrons. The molecule has 0 amide bonds. The van der Waals surface area contributed by atoms with Gasteiger partial charge >= 0.3 is 12.1 Å². The van der Waals surface area contributed by atoms with Gasteiger partial charge < -0.3 is 15.0 Å². The summed E-state index contributed by atoms with van der Waals surface area (Å²) in [6.07, 6.45) is -0.555. The van der Waals surface area contributed by atoms with Gasteiger partial charge in [-0.05, 0) is 79.9 Å². The molecule has 6 nitrogen and oxygen atoms in total. The van der Waals surface area contributed by atoms with Crippen LogP contribution in [0.4, 0.5) is 24.7 Å². The molecule has 1 aliphatic rings. The second kappa shape index (κ2) is 12.8. The number of hydrogen-bond donors (Lipinski definition) is 1. The third-order valence-corrected chi connectivity index (χ3v) is 6.61. The average Bonchev–Trinajstić information content (AvgIpc) is 2.93. The second-order valence-corrected chi connectivity index (χ2v) is 9.24. The fourth-order valence-electron chi connectivity index (χ4n) is 4.51. The Morgan fingerprint density at radius 3 is 2.45 bits per heavy atom. The summed E-state index contributed by atoms with van der Waals surface area (Å²) in [5.41, 5.74) is 2.56. The van der Waals surface area contributed by atoms with Gasteiger partial charge in [-0.15, -0.1) is 0 Å². The first kappa shape index (κ1) is 27.4. The molecule has 0 unspecified atom stereocenters. The van der Waals surface area contributed by atoms with Gasteiger partial charge in [0, 0.05) is 44.6 Å². The number of carbonyl (C=O) groups excluding carboxylic acids is 1. The van der Waals surface area contributed by atoms with E-state index in [0.29, 0.717) is 17.9 Å². The van der Waals surface area contributed by atoms with Crippen LogP contribution in [0.25, 0.3) is 11.1 Å². The van der Waals surface area contributed by atoms with E-state index >= 15 is 0 Å². The third-order valence-electron chi connectivity index (χ3n) is 6.61. The Morgan fingerprint density at radius 1 is 0.974 bits per heavy atom. The zero-order valence-corrected chi connectivity index (χ0v) is 21.5.